The zero-order valence-electron chi connectivity index (χ0n) is 19.9. The minimum atomic E-state index is -0.234. The van der Waals surface area contributed by atoms with Crippen molar-refractivity contribution in [2.45, 2.75) is 12.3 Å². The number of allylic oxidation sites excluding steroid dienone is 1. The number of fused-ring (bicyclic) bond motifs is 1. The molecule has 3 aliphatic heterocycles. The van der Waals surface area contributed by atoms with Crippen molar-refractivity contribution in [2.75, 3.05) is 66.2 Å². The summed E-state index contributed by atoms with van der Waals surface area (Å²) in [6, 6.07) is 5.77. The van der Waals surface area contributed by atoms with E-state index in [1.54, 1.807) is 13.1 Å². The normalized spacial score (nSPS) is 26.5. The lowest BCUT2D eigenvalue weighted by atomic mass is 9.90. The highest BCUT2D eigenvalue weighted by molar-refractivity contribution is 5.76. The third-order valence-corrected chi connectivity index (χ3v) is 7.18. The first-order chi connectivity index (χ1) is 16.0. The quantitative estimate of drug-likeness (QED) is 0.646. The van der Waals surface area contributed by atoms with E-state index in [1.807, 2.05) is 12.1 Å². The molecule has 5 rings (SSSR count). The van der Waals surface area contributed by atoms with Crippen molar-refractivity contribution >= 4 is 11.4 Å². The van der Waals surface area contributed by atoms with Gasteiger partial charge in [0, 0.05) is 72.7 Å². The van der Waals surface area contributed by atoms with Gasteiger partial charge in [0.1, 0.15) is 12.1 Å². The van der Waals surface area contributed by atoms with Crippen LogP contribution in [0, 0.1) is 5.82 Å². The van der Waals surface area contributed by atoms with Gasteiger partial charge in [-0.25, -0.2) is 9.40 Å². The van der Waals surface area contributed by atoms with Crippen LogP contribution in [0.4, 0.5) is 10.1 Å². The van der Waals surface area contributed by atoms with Crippen LogP contribution in [0.3, 0.4) is 0 Å². The van der Waals surface area contributed by atoms with Crippen LogP contribution < -0.4 is 16.0 Å². The van der Waals surface area contributed by atoms with Crippen LogP contribution in [0.15, 0.2) is 59.3 Å². The lowest BCUT2D eigenvalue weighted by Crippen LogP contribution is -2.61. The molecule has 0 aromatic heterocycles. The van der Waals surface area contributed by atoms with Crippen LogP contribution in [-0.4, -0.2) is 93.1 Å². The van der Waals surface area contributed by atoms with E-state index in [4.69, 9.17) is 0 Å². The summed E-state index contributed by atoms with van der Waals surface area (Å²) < 4.78 is 14.8. The molecule has 0 bridgehead atoms. The summed E-state index contributed by atoms with van der Waals surface area (Å²) in [6.45, 7) is 4.65. The van der Waals surface area contributed by atoms with Gasteiger partial charge in [-0.15, -0.1) is 0 Å². The summed E-state index contributed by atoms with van der Waals surface area (Å²) in [5, 5.41) is 14.4. The monoisotopic (exact) mass is 451 g/mol. The second-order valence-electron chi connectivity index (χ2n) is 9.10. The molecule has 8 heteroatoms. The number of hydrogen-bond donors (Lipinski definition) is 3. The van der Waals surface area contributed by atoms with Crippen LogP contribution in [-0.2, 0) is 0 Å². The number of halogens is 1. The fourth-order valence-electron chi connectivity index (χ4n) is 5.30. The summed E-state index contributed by atoms with van der Waals surface area (Å²) >= 11 is 0. The van der Waals surface area contributed by atoms with Crippen molar-refractivity contribution in [3.8, 4) is 0 Å². The molecule has 0 radical (unpaired) electrons. The van der Waals surface area contributed by atoms with E-state index in [9.17, 15) is 4.39 Å². The van der Waals surface area contributed by atoms with Crippen molar-refractivity contribution in [1.29, 1.82) is 0 Å². The minimum absolute atomic E-state index is 0.0711. The number of nitrogens with one attached hydrogen (secondary N) is 3. The summed E-state index contributed by atoms with van der Waals surface area (Å²) in [6.07, 6.45) is 8.99. The van der Waals surface area contributed by atoms with Gasteiger partial charge in [-0.3, -0.25) is 10.2 Å². The minimum Gasteiger partial charge on any atom is -0.386 e. The van der Waals surface area contributed by atoms with Crippen molar-refractivity contribution < 1.29 is 4.39 Å². The standard InChI is InChI=1S/C25H34FN7/c1-27-22-7-5-18(14-21(22)26)24-20(15-29-25(31(24)3)33-11-9-28-10-12-33)17-6-8-23-19(13-17)16-30(2)32(23)4/h5-8,13-14,16,23,25,27-29H,9-12,15H2,1-4H3. The van der Waals surface area contributed by atoms with Crippen molar-refractivity contribution in [3.05, 3.63) is 70.7 Å². The zero-order valence-corrected chi connectivity index (χ0v) is 19.9. The molecule has 33 heavy (non-hydrogen) atoms. The first-order valence-electron chi connectivity index (χ1n) is 11.7. The Kier molecular flexibility index (Phi) is 6.01. The molecule has 2 unspecified atom stereocenters. The first kappa shape index (κ1) is 22.2. The topological polar surface area (TPSA) is 49.1 Å². The molecule has 1 saturated heterocycles. The largest absolute Gasteiger partial charge is 0.386 e. The first-order valence-corrected chi connectivity index (χ1v) is 11.7. The highest BCUT2D eigenvalue weighted by Gasteiger charge is 2.34. The highest BCUT2D eigenvalue weighted by atomic mass is 19.1. The van der Waals surface area contributed by atoms with E-state index in [0.717, 1.165) is 44.0 Å². The Bertz CT molecular complexity index is 1040. The number of nitrogens with zero attached hydrogens (tertiary/aromatic N) is 4. The molecule has 3 heterocycles. The molecular weight excluding hydrogens is 417 g/mol. The van der Waals surface area contributed by atoms with Crippen LogP contribution >= 0.6 is 0 Å². The maximum Gasteiger partial charge on any atom is 0.146 e. The van der Waals surface area contributed by atoms with Gasteiger partial charge in [0.15, 0.2) is 0 Å². The predicted molar refractivity (Wildman–Crippen MR) is 131 cm³/mol. The molecule has 7 nitrogen and oxygen atoms in total. The summed E-state index contributed by atoms with van der Waals surface area (Å²) in [5.74, 6) is -0.234. The third kappa shape index (κ3) is 3.97. The zero-order chi connectivity index (χ0) is 23.1. The average molecular weight is 452 g/mol. The Balaban J connectivity index is 1.57. The van der Waals surface area contributed by atoms with E-state index in [0.29, 0.717) is 5.69 Å². The van der Waals surface area contributed by atoms with E-state index in [2.05, 4.69) is 81.3 Å². The molecule has 1 fully saturated rings. The molecule has 176 valence electrons. The van der Waals surface area contributed by atoms with Gasteiger partial charge >= 0.3 is 0 Å². The molecular formula is C25H34FN7. The Morgan fingerprint density at radius 1 is 1.12 bits per heavy atom. The van der Waals surface area contributed by atoms with Gasteiger partial charge < -0.3 is 20.5 Å². The molecule has 2 atom stereocenters. The van der Waals surface area contributed by atoms with Crippen molar-refractivity contribution in [1.82, 2.24) is 30.5 Å². The highest BCUT2D eigenvalue weighted by Crippen LogP contribution is 2.36. The molecule has 1 aliphatic carbocycles. The molecule has 0 amide bonds. The maximum absolute atomic E-state index is 14.8. The second-order valence-corrected chi connectivity index (χ2v) is 9.10. The molecule has 4 aliphatic rings. The van der Waals surface area contributed by atoms with Crippen LogP contribution in [0.2, 0.25) is 0 Å². The van der Waals surface area contributed by atoms with Gasteiger partial charge in [-0.1, -0.05) is 18.2 Å². The lowest BCUT2D eigenvalue weighted by molar-refractivity contribution is 0.0566. The Morgan fingerprint density at radius 2 is 1.91 bits per heavy atom. The molecule has 0 saturated carbocycles. The summed E-state index contributed by atoms with van der Waals surface area (Å²) in [4.78, 5) is 4.73. The smallest absolute Gasteiger partial charge is 0.146 e. The fraction of sp³-hybridized carbons (Fsp3) is 0.440. The maximum atomic E-state index is 14.8. The number of hydrogen-bond acceptors (Lipinski definition) is 7. The number of hydrazine groups is 1. The average Bonchev–Trinajstić information content (AvgIpc) is 3.12. The molecule has 1 aromatic rings. The van der Waals surface area contributed by atoms with Gasteiger partial charge in [0.25, 0.3) is 0 Å². The number of anilines is 1. The van der Waals surface area contributed by atoms with Crippen LogP contribution in [0.5, 0.6) is 0 Å². The third-order valence-electron chi connectivity index (χ3n) is 7.18. The second kappa shape index (κ2) is 8.95. The number of rotatable bonds is 4. The Morgan fingerprint density at radius 3 is 2.64 bits per heavy atom. The van der Waals surface area contributed by atoms with Crippen LogP contribution in [0.1, 0.15) is 5.56 Å². The van der Waals surface area contributed by atoms with Crippen molar-refractivity contribution in [3.63, 3.8) is 0 Å². The summed E-state index contributed by atoms with van der Waals surface area (Å²) in [7, 11) is 8.03. The fourth-order valence-corrected chi connectivity index (χ4v) is 5.30. The predicted octanol–water partition coefficient (Wildman–Crippen LogP) is 1.84. The van der Waals surface area contributed by atoms with E-state index in [-0.39, 0.29) is 18.1 Å². The molecule has 3 N–H and O–H groups in total. The van der Waals surface area contributed by atoms with Crippen molar-refractivity contribution in [2.24, 2.45) is 0 Å². The number of likely N-dealkylation sites (N-methyl/N-ethyl adjacent to an activating group) is 1. The van der Waals surface area contributed by atoms with Gasteiger partial charge in [0.2, 0.25) is 0 Å². The molecule has 1 aromatic carbocycles. The molecule has 0 spiro atoms. The van der Waals surface area contributed by atoms with Gasteiger partial charge in [-0.2, -0.15) is 0 Å². The van der Waals surface area contributed by atoms with Gasteiger partial charge in [-0.05, 0) is 34.9 Å². The lowest BCUT2D eigenvalue weighted by Gasteiger charge is -2.46. The van der Waals surface area contributed by atoms with E-state index in [1.165, 1.54) is 16.7 Å². The summed E-state index contributed by atoms with van der Waals surface area (Å²) in [5.41, 5.74) is 6.12. The van der Waals surface area contributed by atoms with Crippen LogP contribution in [0.25, 0.3) is 5.70 Å². The Labute approximate surface area is 195 Å². The van der Waals surface area contributed by atoms with E-state index >= 15 is 0 Å². The SMILES string of the molecule is CNc1ccc(C2=C(C3=CC4=CN(C)N(C)C4C=C3)CNC(N3CCNCC3)N2C)cc1F. The Hall–Kier alpha value is -2.65. The number of piperazine rings is 1. The number of benzene rings is 1. The van der Waals surface area contributed by atoms with Gasteiger partial charge in [0.05, 0.1) is 17.4 Å². The van der Waals surface area contributed by atoms with E-state index < -0.39 is 0 Å².